The van der Waals surface area contributed by atoms with E-state index >= 15 is 0 Å². The minimum Gasteiger partial charge on any atom is -0.207 e. The van der Waals surface area contributed by atoms with Gasteiger partial charge in [-0.15, -0.1) is 0 Å². The summed E-state index contributed by atoms with van der Waals surface area (Å²) in [6.07, 6.45) is 2.16. The van der Waals surface area contributed by atoms with Crippen LogP contribution in [0.1, 0.15) is 25.3 Å². The smallest absolute Gasteiger partial charge is 0.207 e. The molecule has 4 nitrogen and oxygen atoms in total. The maximum absolute atomic E-state index is 12.5. The van der Waals surface area contributed by atoms with E-state index in [0.29, 0.717) is 24.6 Å². The van der Waals surface area contributed by atoms with Gasteiger partial charge in [0, 0.05) is 13.1 Å². The quantitative estimate of drug-likeness (QED) is 0.839. The second-order valence-corrected chi connectivity index (χ2v) is 6.97. The maximum atomic E-state index is 12.5. The number of nitrogens with zero attached hydrogens (tertiary/aromatic N) is 2. The Kier molecular flexibility index (Phi) is 4.14. The van der Waals surface area contributed by atoms with Crippen molar-refractivity contribution in [2.45, 2.75) is 24.7 Å². The van der Waals surface area contributed by atoms with E-state index in [1.807, 2.05) is 13.0 Å². The van der Waals surface area contributed by atoms with Gasteiger partial charge < -0.3 is 0 Å². The molecule has 6 heteroatoms. The number of halogens is 1. The summed E-state index contributed by atoms with van der Waals surface area (Å²) >= 11 is 5.98. The van der Waals surface area contributed by atoms with Gasteiger partial charge in [-0.05, 0) is 37.0 Å². The van der Waals surface area contributed by atoms with Gasteiger partial charge in [-0.3, -0.25) is 0 Å². The molecule has 0 radical (unpaired) electrons. The first-order chi connectivity index (χ1) is 8.98. The van der Waals surface area contributed by atoms with Crippen LogP contribution in [0.3, 0.4) is 0 Å². The van der Waals surface area contributed by atoms with Crippen LogP contribution in [-0.4, -0.2) is 25.8 Å². The Bertz CT molecular complexity index is 618. The van der Waals surface area contributed by atoms with E-state index < -0.39 is 10.0 Å². The Morgan fingerprint density at radius 2 is 2.16 bits per heavy atom. The molecule has 2 rings (SSSR count). The van der Waals surface area contributed by atoms with E-state index in [9.17, 15) is 8.42 Å². The zero-order valence-electron chi connectivity index (χ0n) is 10.6. The molecule has 0 unspecified atom stereocenters. The third kappa shape index (κ3) is 3.08. The Hall–Kier alpha value is -1.09. The number of nitriles is 1. The summed E-state index contributed by atoms with van der Waals surface area (Å²) in [5.74, 6) is 0.465. The van der Waals surface area contributed by atoms with Gasteiger partial charge in [-0.2, -0.15) is 9.57 Å². The molecule has 102 valence electrons. The zero-order valence-corrected chi connectivity index (χ0v) is 12.2. The molecule has 1 aliphatic rings. The average Bonchev–Trinajstić information content (AvgIpc) is 3.20. The molecule has 0 aliphatic heterocycles. The van der Waals surface area contributed by atoms with Gasteiger partial charge in [0.15, 0.2) is 0 Å². The number of rotatable bonds is 5. The van der Waals surface area contributed by atoms with Crippen LogP contribution in [0.15, 0.2) is 23.1 Å². The van der Waals surface area contributed by atoms with Crippen LogP contribution in [0.5, 0.6) is 0 Å². The van der Waals surface area contributed by atoms with Crippen molar-refractivity contribution in [3.8, 4) is 6.07 Å². The Morgan fingerprint density at radius 1 is 1.47 bits per heavy atom. The number of hydrogen-bond acceptors (Lipinski definition) is 3. The monoisotopic (exact) mass is 298 g/mol. The molecule has 0 aromatic heterocycles. The molecule has 0 atom stereocenters. The van der Waals surface area contributed by atoms with E-state index in [1.165, 1.54) is 22.5 Å². The first kappa shape index (κ1) is 14.3. The lowest BCUT2D eigenvalue weighted by Gasteiger charge is -2.21. The average molecular weight is 299 g/mol. The van der Waals surface area contributed by atoms with Crippen molar-refractivity contribution in [2.24, 2.45) is 5.92 Å². The van der Waals surface area contributed by atoms with Crippen molar-refractivity contribution >= 4 is 21.6 Å². The molecular formula is C13H15ClN2O2S. The van der Waals surface area contributed by atoms with Crippen LogP contribution < -0.4 is 0 Å². The largest absolute Gasteiger partial charge is 0.244 e. The van der Waals surface area contributed by atoms with Gasteiger partial charge in [-0.1, -0.05) is 18.5 Å². The lowest BCUT2D eigenvalue weighted by atomic mass is 10.2. The van der Waals surface area contributed by atoms with Crippen LogP contribution in [0.4, 0.5) is 0 Å². The highest BCUT2D eigenvalue weighted by molar-refractivity contribution is 7.89. The fraction of sp³-hybridized carbons (Fsp3) is 0.462. The summed E-state index contributed by atoms with van der Waals surface area (Å²) in [4.78, 5) is 0.0238. The van der Waals surface area contributed by atoms with Gasteiger partial charge >= 0.3 is 0 Å². The van der Waals surface area contributed by atoms with Crippen molar-refractivity contribution in [1.82, 2.24) is 4.31 Å². The Balaban J connectivity index is 2.39. The molecule has 19 heavy (non-hydrogen) atoms. The van der Waals surface area contributed by atoms with Crippen LogP contribution >= 0.6 is 11.6 Å². The van der Waals surface area contributed by atoms with Crippen LogP contribution in [-0.2, 0) is 10.0 Å². The summed E-state index contributed by atoms with van der Waals surface area (Å²) in [5.41, 5.74) is 0.297. The summed E-state index contributed by atoms with van der Waals surface area (Å²) < 4.78 is 26.5. The first-order valence-electron chi connectivity index (χ1n) is 6.18. The van der Waals surface area contributed by atoms with Gasteiger partial charge in [0.2, 0.25) is 10.0 Å². The standard InChI is InChI=1S/C13H15ClN2O2S/c1-2-16(9-10-3-4-10)19(17,18)13-7-11(8-15)5-6-12(13)14/h5-7,10H,2-4,9H2,1H3. The second kappa shape index (κ2) is 5.49. The molecule has 0 spiro atoms. The lowest BCUT2D eigenvalue weighted by Crippen LogP contribution is -2.33. The predicted molar refractivity (Wildman–Crippen MR) is 73.3 cm³/mol. The van der Waals surface area contributed by atoms with Gasteiger partial charge in [0.25, 0.3) is 0 Å². The molecular weight excluding hydrogens is 284 g/mol. The third-order valence-electron chi connectivity index (χ3n) is 3.19. The number of benzene rings is 1. The predicted octanol–water partition coefficient (Wildman–Crippen LogP) is 2.63. The normalized spacial score (nSPS) is 15.5. The number of hydrogen-bond donors (Lipinski definition) is 0. The molecule has 0 saturated heterocycles. The molecule has 1 aromatic rings. The van der Waals surface area contributed by atoms with Crippen molar-refractivity contribution in [2.75, 3.05) is 13.1 Å². The molecule has 1 saturated carbocycles. The molecule has 0 heterocycles. The van der Waals surface area contributed by atoms with E-state index in [4.69, 9.17) is 16.9 Å². The molecule has 0 bridgehead atoms. The van der Waals surface area contributed by atoms with Crippen LogP contribution in [0.2, 0.25) is 5.02 Å². The zero-order chi connectivity index (χ0) is 14.0. The number of sulfonamides is 1. The van der Waals surface area contributed by atoms with E-state index in [2.05, 4.69) is 0 Å². The highest BCUT2D eigenvalue weighted by Crippen LogP contribution is 2.33. The molecule has 1 aliphatic carbocycles. The van der Waals surface area contributed by atoms with E-state index in [1.54, 1.807) is 0 Å². The summed E-state index contributed by atoms with van der Waals surface area (Å²) in [7, 11) is -3.62. The van der Waals surface area contributed by atoms with Crippen LogP contribution in [0.25, 0.3) is 0 Å². The highest BCUT2D eigenvalue weighted by Gasteiger charge is 2.31. The Labute approximate surface area is 118 Å². The minimum absolute atomic E-state index is 0.0238. The second-order valence-electron chi connectivity index (χ2n) is 4.66. The third-order valence-corrected chi connectivity index (χ3v) is 5.61. The lowest BCUT2D eigenvalue weighted by molar-refractivity contribution is 0.412. The van der Waals surface area contributed by atoms with Crippen molar-refractivity contribution in [1.29, 1.82) is 5.26 Å². The Morgan fingerprint density at radius 3 is 2.68 bits per heavy atom. The summed E-state index contributed by atoms with van der Waals surface area (Å²) in [5, 5.41) is 9.03. The summed E-state index contributed by atoms with van der Waals surface area (Å²) in [6.45, 7) is 2.75. The van der Waals surface area contributed by atoms with Crippen molar-refractivity contribution in [3.05, 3.63) is 28.8 Å². The molecule has 1 fully saturated rings. The SMILES string of the molecule is CCN(CC1CC1)S(=O)(=O)c1cc(C#N)ccc1Cl. The first-order valence-corrected chi connectivity index (χ1v) is 8.00. The fourth-order valence-electron chi connectivity index (χ4n) is 1.90. The highest BCUT2D eigenvalue weighted by atomic mass is 35.5. The minimum atomic E-state index is -3.62. The summed E-state index contributed by atoms with van der Waals surface area (Å²) in [6, 6.07) is 6.24. The maximum Gasteiger partial charge on any atom is 0.244 e. The van der Waals surface area contributed by atoms with Gasteiger partial charge in [0.05, 0.1) is 16.7 Å². The fourth-order valence-corrected chi connectivity index (χ4v) is 3.92. The molecule has 0 amide bonds. The molecule has 0 N–H and O–H groups in total. The van der Waals surface area contributed by atoms with Crippen molar-refractivity contribution in [3.63, 3.8) is 0 Å². The van der Waals surface area contributed by atoms with Crippen molar-refractivity contribution < 1.29 is 8.42 Å². The molecule has 1 aromatic carbocycles. The van der Waals surface area contributed by atoms with Gasteiger partial charge in [0.1, 0.15) is 4.90 Å². The van der Waals surface area contributed by atoms with E-state index in [0.717, 1.165) is 12.8 Å². The van der Waals surface area contributed by atoms with Gasteiger partial charge in [-0.25, -0.2) is 8.42 Å². The van der Waals surface area contributed by atoms with E-state index in [-0.39, 0.29) is 9.92 Å². The van der Waals surface area contributed by atoms with Crippen LogP contribution in [0, 0.1) is 17.2 Å². The topological polar surface area (TPSA) is 61.2 Å².